The highest BCUT2D eigenvalue weighted by atomic mass is 32.2. The van der Waals surface area contributed by atoms with Crippen molar-refractivity contribution in [2.45, 2.75) is 65.2 Å². The van der Waals surface area contributed by atoms with Crippen molar-refractivity contribution in [3.05, 3.63) is 83.9 Å². The first-order valence-electron chi connectivity index (χ1n) is 11.8. The molecule has 0 aromatic heterocycles. The van der Waals surface area contributed by atoms with Gasteiger partial charge in [-0.05, 0) is 86.3 Å². The molecule has 0 radical (unpaired) electrons. The van der Waals surface area contributed by atoms with E-state index in [1.165, 1.54) is 24.3 Å². The van der Waals surface area contributed by atoms with Gasteiger partial charge in [0.1, 0.15) is 0 Å². The van der Waals surface area contributed by atoms with Crippen molar-refractivity contribution < 1.29 is 16.8 Å². The minimum absolute atomic E-state index is 0.0904. The average molecular weight is 498 g/mol. The van der Waals surface area contributed by atoms with Crippen LogP contribution in [0.25, 0.3) is 0 Å². The Kier molecular flexibility index (Phi) is 7.26. The Hall–Kier alpha value is -2.48. The molecule has 0 heterocycles. The highest BCUT2D eigenvalue weighted by Crippen LogP contribution is 2.37. The van der Waals surface area contributed by atoms with Crippen LogP contribution in [-0.4, -0.2) is 40.9 Å². The number of hydrogen-bond acceptors (Lipinski definition) is 5. The highest BCUT2D eigenvalue weighted by molar-refractivity contribution is 7.94. The third kappa shape index (κ3) is 4.69. The fraction of sp³-hybridized carbons (Fsp3) is 0.333. The van der Waals surface area contributed by atoms with Crippen molar-refractivity contribution >= 4 is 19.7 Å². The van der Waals surface area contributed by atoms with E-state index in [0.717, 1.165) is 49.9 Å². The molecule has 0 bridgehead atoms. The number of sulfone groups is 2. The predicted molar refractivity (Wildman–Crippen MR) is 134 cm³/mol. The van der Waals surface area contributed by atoms with Gasteiger partial charge in [-0.1, -0.05) is 50.2 Å². The Morgan fingerprint density at radius 1 is 0.676 bits per heavy atom. The van der Waals surface area contributed by atoms with E-state index >= 15 is 0 Å². The van der Waals surface area contributed by atoms with Gasteiger partial charge in [0.25, 0.3) is 0 Å². The smallest absolute Gasteiger partial charge is 0.207 e. The van der Waals surface area contributed by atoms with E-state index in [2.05, 4.69) is 18.7 Å². The molecule has 1 aliphatic carbocycles. The van der Waals surface area contributed by atoms with E-state index in [9.17, 15) is 16.8 Å². The summed E-state index contributed by atoms with van der Waals surface area (Å²) in [6.07, 6.45) is 3.51. The van der Waals surface area contributed by atoms with E-state index in [-0.39, 0.29) is 25.6 Å². The lowest BCUT2D eigenvalue weighted by Crippen LogP contribution is -2.37. The van der Waals surface area contributed by atoms with Crippen LogP contribution < -0.4 is 0 Å². The number of hydrogen-bond donors (Lipinski definition) is 0. The zero-order valence-electron chi connectivity index (χ0n) is 19.6. The topological polar surface area (TPSA) is 71.5 Å². The Labute approximate surface area is 203 Å². The second-order valence-corrected chi connectivity index (χ2v) is 12.6. The Bertz CT molecular complexity index is 1250. The van der Waals surface area contributed by atoms with Gasteiger partial charge in [0.2, 0.25) is 19.7 Å². The van der Waals surface area contributed by atoms with Crippen molar-refractivity contribution in [2.75, 3.05) is 13.1 Å². The molecule has 0 atom stereocenters. The van der Waals surface area contributed by atoms with Crippen LogP contribution in [0.2, 0.25) is 0 Å². The first-order valence-corrected chi connectivity index (χ1v) is 14.8. The van der Waals surface area contributed by atoms with Crippen LogP contribution in [0.3, 0.4) is 0 Å². The SMILES string of the molecule is CCCN(CCC)C1Cc2cc(S(=O)(=O)c3ccccc3)c(S(=O)(=O)c3ccccc3)cc2C1. The first-order chi connectivity index (χ1) is 16.3. The average Bonchev–Trinajstić information content (AvgIpc) is 3.27. The molecule has 0 spiro atoms. The number of benzene rings is 3. The third-order valence-corrected chi connectivity index (χ3v) is 10.1. The molecule has 34 heavy (non-hydrogen) atoms. The van der Waals surface area contributed by atoms with Crippen LogP contribution >= 0.6 is 0 Å². The van der Waals surface area contributed by atoms with Crippen LogP contribution in [-0.2, 0) is 32.5 Å². The second kappa shape index (κ2) is 10.0. The van der Waals surface area contributed by atoms with E-state index in [4.69, 9.17) is 0 Å². The summed E-state index contributed by atoms with van der Waals surface area (Å²) in [5.74, 6) is 0. The summed E-state index contributed by atoms with van der Waals surface area (Å²) in [4.78, 5) is 2.34. The molecule has 3 aromatic rings. The Morgan fingerprint density at radius 3 is 1.41 bits per heavy atom. The normalized spacial score (nSPS) is 14.4. The fourth-order valence-electron chi connectivity index (χ4n) is 4.79. The van der Waals surface area contributed by atoms with Gasteiger partial charge in [0, 0.05) is 6.04 Å². The highest BCUT2D eigenvalue weighted by Gasteiger charge is 2.34. The summed E-state index contributed by atoms with van der Waals surface area (Å²) in [5.41, 5.74) is 1.84. The standard InChI is InChI=1S/C27H31NO4S2/c1-3-15-28(16-4-2)23-17-21-19-26(33(29,30)24-11-7-5-8-12-24)27(20-22(21)18-23)34(31,32)25-13-9-6-10-14-25/h5-14,19-20,23H,3-4,15-18H2,1-2H3. The van der Waals surface area contributed by atoms with Crippen LogP contribution in [0.4, 0.5) is 0 Å². The molecule has 0 amide bonds. The van der Waals surface area contributed by atoms with Crippen LogP contribution in [0.1, 0.15) is 37.8 Å². The van der Waals surface area contributed by atoms with Gasteiger partial charge in [-0.15, -0.1) is 0 Å². The summed E-state index contributed by atoms with van der Waals surface area (Å²) in [6, 6.07) is 19.6. The lowest BCUT2D eigenvalue weighted by Gasteiger charge is -2.27. The molecule has 0 unspecified atom stereocenters. The monoisotopic (exact) mass is 497 g/mol. The van der Waals surface area contributed by atoms with Crippen molar-refractivity contribution in [3.8, 4) is 0 Å². The molecular formula is C27H31NO4S2. The van der Waals surface area contributed by atoms with Crippen LogP contribution in [0, 0.1) is 0 Å². The minimum Gasteiger partial charge on any atom is -0.300 e. The summed E-state index contributed by atoms with van der Waals surface area (Å²) >= 11 is 0. The number of fused-ring (bicyclic) bond motifs is 1. The lowest BCUT2D eigenvalue weighted by molar-refractivity contribution is 0.202. The maximum atomic E-state index is 13.7. The lowest BCUT2D eigenvalue weighted by atomic mass is 10.1. The molecule has 0 saturated heterocycles. The van der Waals surface area contributed by atoms with E-state index in [1.807, 2.05) is 0 Å². The van der Waals surface area contributed by atoms with Gasteiger partial charge in [-0.3, -0.25) is 4.90 Å². The zero-order valence-corrected chi connectivity index (χ0v) is 21.3. The van der Waals surface area contributed by atoms with Gasteiger partial charge in [0.05, 0.1) is 19.6 Å². The van der Waals surface area contributed by atoms with Gasteiger partial charge in [-0.25, -0.2) is 16.8 Å². The maximum absolute atomic E-state index is 13.7. The maximum Gasteiger partial charge on any atom is 0.207 e. The second-order valence-electron chi connectivity index (χ2n) is 8.80. The van der Waals surface area contributed by atoms with Crippen molar-refractivity contribution in [1.29, 1.82) is 0 Å². The fourth-order valence-corrected chi connectivity index (χ4v) is 8.23. The van der Waals surface area contributed by atoms with Gasteiger partial charge < -0.3 is 0 Å². The van der Waals surface area contributed by atoms with Gasteiger partial charge in [0.15, 0.2) is 0 Å². The molecule has 7 heteroatoms. The largest absolute Gasteiger partial charge is 0.300 e. The van der Waals surface area contributed by atoms with E-state index in [1.54, 1.807) is 48.5 Å². The Morgan fingerprint density at radius 2 is 1.06 bits per heavy atom. The van der Waals surface area contributed by atoms with Gasteiger partial charge >= 0.3 is 0 Å². The third-order valence-electron chi connectivity index (χ3n) is 6.40. The van der Waals surface area contributed by atoms with E-state index in [0.29, 0.717) is 0 Å². The molecule has 0 aliphatic heterocycles. The summed E-state index contributed by atoms with van der Waals surface area (Å²) in [7, 11) is -8.07. The quantitative estimate of drug-likeness (QED) is 0.419. The molecular weight excluding hydrogens is 466 g/mol. The molecule has 180 valence electrons. The summed E-state index contributed by atoms with van der Waals surface area (Å²) < 4.78 is 54.7. The van der Waals surface area contributed by atoms with Crippen LogP contribution in [0.5, 0.6) is 0 Å². The number of rotatable bonds is 9. The minimum atomic E-state index is -4.03. The Balaban J connectivity index is 1.88. The number of nitrogens with zero attached hydrogens (tertiary/aromatic N) is 1. The van der Waals surface area contributed by atoms with Crippen LogP contribution in [0.15, 0.2) is 92.4 Å². The van der Waals surface area contributed by atoms with Crippen molar-refractivity contribution in [2.24, 2.45) is 0 Å². The summed E-state index contributed by atoms with van der Waals surface area (Å²) in [6.45, 7) is 6.24. The zero-order chi connectivity index (χ0) is 24.3. The van der Waals surface area contributed by atoms with Gasteiger partial charge in [-0.2, -0.15) is 0 Å². The van der Waals surface area contributed by atoms with E-state index < -0.39 is 19.7 Å². The van der Waals surface area contributed by atoms with Crippen molar-refractivity contribution in [1.82, 2.24) is 4.90 Å². The van der Waals surface area contributed by atoms with Crippen molar-refractivity contribution in [3.63, 3.8) is 0 Å². The molecule has 4 rings (SSSR count). The molecule has 0 N–H and O–H groups in total. The molecule has 1 aliphatic rings. The molecule has 0 fully saturated rings. The predicted octanol–water partition coefficient (Wildman–Crippen LogP) is 4.94. The first kappa shape index (κ1) is 24.6. The summed E-state index contributed by atoms with van der Waals surface area (Å²) in [5, 5.41) is 0. The molecule has 3 aromatic carbocycles. The molecule has 5 nitrogen and oxygen atoms in total. The molecule has 0 saturated carbocycles.